The number of nitrogen functional groups attached to an aromatic ring is 1. The van der Waals surface area contributed by atoms with E-state index in [1.807, 2.05) is 12.1 Å². The Bertz CT molecular complexity index is 299. The zero-order valence-electron chi connectivity index (χ0n) is 8.06. The fourth-order valence-electron chi connectivity index (χ4n) is 1.77. The molecule has 1 fully saturated rings. The third kappa shape index (κ3) is 1.80. The number of nitrogens with two attached hydrogens (primary N) is 1. The largest absolute Gasteiger partial charge is 0.397 e. The number of rotatable bonds is 2. The van der Waals surface area contributed by atoms with Gasteiger partial charge in [0.25, 0.3) is 0 Å². The van der Waals surface area contributed by atoms with Crippen molar-refractivity contribution in [3.05, 3.63) is 18.3 Å². The van der Waals surface area contributed by atoms with E-state index in [4.69, 9.17) is 10.8 Å². The second-order valence-electron chi connectivity index (χ2n) is 3.73. The zero-order valence-corrected chi connectivity index (χ0v) is 8.06. The van der Waals surface area contributed by atoms with E-state index in [9.17, 15) is 0 Å². The molecule has 4 heteroatoms. The Morgan fingerprint density at radius 2 is 2.43 bits per heavy atom. The molecule has 2 heterocycles. The van der Waals surface area contributed by atoms with E-state index in [1.165, 1.54) is 0 Å². The van der Waals surface area contributed by atoms with Crippen LogP contribution in [0.3, 0.4) is 0 Å². The first kappa shape index (κ1) is 9.27. The van der Waals surface area contributed by atoms with Crippen molar-refractivity contribution >= 4 is 11.5 Å². The van der Waals surface area contributed by atoms with E-state index in [0.29, 0.717) is 11.6 Å². The van der Waals surface area contributed by atoms with Crippen LogP contribution in [0.1, 0.15) is 6.42 Å². The minimum absolute atomic E-state index is 0.269. The number of pyridine rings is 1. The molecule has 0 aromatic carbocycles. The maximum Gasteiger partial charge on any atom is 0.128 e. The van der Waals surface area contributed by atoms with Crippen LogP contribution in [0.4, 0.5) is 11.5 Å². The highest BCUT2D eigenvalue weighted by Crippen LogP contribution is 2.21. The predicted octanol–water partition coefficient (Wildman–Crippen LogP) is 0.482. The molecule has 0 bridgehead atoms. The molecule has 2 rings (SSSR count). The fourth-order valence-corrected chi connectivity index (χ4v) is 1.77. The molecule has 0 amide bonds. The SMILES string of the molecule is Nc1ccc(N2CC[C@@H](CO)C2)nc1. The maximum absolute atomic E-state index is 9.01. The lowest BCUT2D eigenvalue weighted by Gasteiger charge is -2.16. The van der Waals surface area contributed by atoms with Gasteiger partial charge in [0.1, 0.15) is 5.82 Å². The molecule has 0 saturated carbocycles. The van der Waals surface area contributed by atoms with Crippen molar-refractivity contribution in [2.75, 3.05) is 30.3 Å². The zero-order chi connectivity index (χ0) is 9.97. The van der Waals surface area contributed by atoms with Crippen molar-refractivity contribution < 1.29 is 5.11 Å². The second-order valence-corrected chi connectivity index (χ2v) is 3.73. The lowest BCUT2D eigenvalue weighted by molar-refractivity contribution is 0.238. The first-order valence-corrected chi connectivity index (χ1v) is 4.87. The van der Waals surface area contributed by atoms with E-state index >= 15 is 0 Å². The van der Waals surface area contributed by atoms with Crippen LogP contribution in [0, 0.1) is 5.92 Å². The van der Waals surface area contributed by atoms with Gasteiger partial charge < -0.3 is 15.7 Å². The van der Waals surface area contributed by atoms with Gasteiger partial charge in [-0.3, -0.25) is 0 Å². The summed E-state index contributed by atoms with van der Waals surface area (Å²) in [6.07, 6.45) is 2.71. The van der Waals surface area contributed by atoms with Gasteiger partial charge in [-0.15, -0.1) is 0 Å². The molecule has 0 radical (unpaired) electrons. The minimum atomic E-state index is 0.269. The standard InChI is InChI=1S/C10H15N3O/c11-9-1-2-10(12-5-9)13-4-3-8(6-13)7-14/h1-2,5,8,14H,3-4,6-7,11H2/t8-/m1/s1. The molecule has 14 heavy (non-hydrogen) atoms. The summed E-state index contributed by atoms with van der Waals surface area (Å²) in [4.78, 5) is 6.43. The molecule has 1 aliphatic rings. The highest BCUT2D eigenvalue weighted by atomic mass is 16.3. The van der Waals surface area contributed by atoms with Crippen LogP contribution in [-0.2, 0) is 0 Å². The number of nitrogens with zero attached hydrogens (tertiary/aromatic N) is 2. The van der Waals surface area contributed by atoms with Crippen LogP contribution in [0.15, 0.2) is 18.3 Å². The van der Waals surface area contributed by atoms with Crippen LogP contribution >= 0.6 is 0 Å². The molecule has 76 valence electrons. The van der Waals surface area contributed by atoms with Crippen LogP contribution in [-0.4, -0.2) is 29.8 Å². The van der Waals surface area contributed by atoms with Gasteiger partial charge in [0.15, 0.2) is 0 Å². The van der Waals surface area contributed by atoms with Gasteiger partial charge in [0.05, 0.1) is 11.9 Å². The van der Waals surface area contributed by atoms with Crippen molar-refractivity contribution in [1.82, 2.24) is 4.98 Å². The summed E-state index contributed by atoms with van der Waals surface area (Å²) in [5, 5.41) is 9.01. The Balaban J connectivity index is 2.06. The van der Waals surface area contributed by atoms with Crippen molar-refractivity contribution in [2.24, 2.45) is 5.92 Å². The molecule has 1 saturated heterocycles. The van der Waals surface area contributed by atoms with Crippen molar-refractivity contribution in [3.8, 4) is 0 Å². The quantitative estimate of drug-likeness (QED) is 0.717. The Labute approximate surface area is 83.4 Å². The molecule has 0 spiro atoms. The Hall–Kier alpha value is -1.29. The summed E-state index contributed by atoms with van der Waals surface area (Å²) < 4.78 is 0. The third-order valence-corrected chi connectivity index (χ3v) is 2.64. The van der Waals surface area contributed by atoms with Crippen molar-refractivity contribution in [2.45, 2.75) is 6.42 Å². The summed E-state index contributed by atoms with van der Waals surface area (Å²) in [6.45, 7) is 2.14. The smallest absolute Gasteiger partial charge is 0.128 e. The van der Waals surface area contributed by atoms with Crippen LogP contribution < -0.4 is 10.6 Å². The van der Waals surface area contributed by atoms with Crippen molar-refractivity contribution in [3.63, 3.8) is 0 Å². The van der Waals surface area contributed by atoms with Gasteiger partial charge in [0, 0.05) is 25.6 Å². The van der Waals surface area contributed by atoms with Gasteiger partial charge in [-0.05, 0) is 18.6 Å². The van der Waals surface area contributed by atoms with Crippen LogP contribution in [0.25, 0.3) is 0 Å². The van der Waals surface area contributed by atoms with Gasteiger partial charge in [-0.2, -0.15) is 0 Å². The molecule has 1 aromatic rings. The normalized spacial score (nSPS) is 21.5. The van der Waals surface area contributed by atoms with E-state index in [2.05, 4.69) is 9.88 Å². The van der Waals surface area contributed by atoms with Gasteiger partial charge in [-0.25, -0.2) is 4.98 Å². The molecule has 3 N–H and O–H groups in total. The second kappa shape index (κ2) is 3.84. The average molecular weight is 193 g/mol. The number of anilines is 2. The van der Waals surface area contributed by atoms with E-state index in [1.54, 1.807) is 6.20 Å². The minimum Gasteiger partial charge on any atom is -0.397 e. The number of aliphatic hydroxyl groups is 1. The number of aromatic nitrogens is 1. The van der Waals surface area contributed by atoms with Gasteiger partial charge in [-0.1, -0.05) is 0 Å². The summed E-state index contributed by atoms with van der Waals surface area (Å²) >= 11 is 0. The highest BCUT2D eigenvalue weighted by molar-refractivity contribution is 5.46. The van der Waals surface area contributed by atoms with Crippen LogP contribution in [0.5, 0.6) is 0 Å². The summed E-state index contributed by atoms with van der Waals surface area (Å²) in [7, 11) is 0. The summed E-state index contributed by atoms with van der Waals surface area (Å²) in [5.41, 5.74) is 6.24. The Morgan fingerprint density at radius 1 is 1.57 bits per heavy atom. The number of hydrogen-bond donors (Lipinski definition) is 2. The average Bonchev–Trinajstić information content (AvgIpc) is 2.67. The van der Waals surface area contributed by atoms with Gasteiger partial charge in [0.2, 0.25) is 0 Å². The monoisotopic (exact) mass is 193 g/mol. The summed E-state index contributed by atoms with van der Waals surface area (Å²) in [6, 6.07) is 3.78. The van der Waals surface area contributed by atoms with Crippen molar-refractivity contribution in [1.29, 1.82) is 0 Å². The first-order valence-electron chi connectivity index (χ1n) is 4.87. The number of hydrogen-bond acceptors (Lipinski definition) is 4. The number of aliphatic hydroxyl groups excluding tert-OH is 1. The molecule has 0 aliphatic carbocycles. The molecular formula is C10H15N3O. The molecule has 0 unspecified atom stereocenters. The summed E-state index contributed by atoms with van der Waals surface area (Å²) in [5.74, 6) is 1.35. The van der Waals surface area contributed by atoms with Crippen LogP contribution in [0.2, 0.25) is 0 Å². The molecule has 1 atom stereocenters. The molecule has 1 aromatic heterocycles. The maximum atomic E-state index is 9.01. The topological polar surface area (TPSA) is 62.4 Å². The highest BCUT2D eigenvalue weighted by Gasteiger charge is 2.22. The lowest BCUT2D eigenvalue weighted by Crippen LogP contribution is -2.21. The predicted molar refractivity (Wildman–Crippen MR) is 56.1 cm³/mol. The Morgan fingerprint density at radius 3 is 3.00 bits per heavy atom. The van der Waals surface area contributed by atoms with E-state index in [0.717, 1.165) is 25.3 Å². The fraction of sp³-hybridized carbons (Fsp3) is 0.500. The molecular weight excluding hydrogens is 178 g/mol. The lowest BCUT2D eigenvalue weighted by atomic mass is 10.1. The first-order chi connectivity index (χ1) is 6.79. The molecule has 4 nitrogen and oxygen atoms in total. The Kier molecular flexibility index (Phi) is 2.54. The van der Waals surface area contributed by atoms with E-state index < -0.39 is 0 Å². The third-order valence-electron chi connectivity index (χ3n) is 2.64. The van der Waals surface area contributed by atoms with Gasteiger partial charge >= 0.3 is 0 Å². The van der Waals surface area contributed by atoms with E-state index in [-0.39, 0.29) is 6.61 Å². The molecule has 1 aliphatic heterocycles.